The Hall–Kier alpha value is -2.63. The van der Waals surface area contributed by atoms with Crippen molar-refractivity contribution >= 4 is 17.1 Å². The van der Waals surface area contributed by atoms with Crippen LogP contribution in [-0.4, -0.2) is 19.0 Å². The average molecular weight is 289 g/mol. The van der Waals surface area contributed by atoms with Crippen LogP contribution >= 0.6 is 0 Å². The first kappa shape index (κ1) is 14.8. The molecule has 0 amide bonds. The van der Waals surface area contributed by atoms with Crippen LogP contribution in [0.2, 0.25) is 0 Å². The standard InChI is InChI=1S/C15H16FN3O2/c1-17-13-9-11(7-8-15(13)19(20)21)10-18(2)14-6-4-3-5-12(14)16/h3-9,17H,10H2,1-2H3. The largest absolute Gasteiger partial charge is 0.383 e. The molecule has 2 rings (SSSR count). The zero-order valence-electron chi connectivity index (χ0n) is 11.8. The van der Waals surface area contributed by atoms with Crippen LogP contribution in [0.15, 0.2) is 42.5 Å². The zero-order chi connectivity index (χ0) is 15.4. The average Bonchev–Trinajstić information content (AvgIpc) is 2.47. The summed E-state index contributed by atoms with van der Waals surface area (Å²) in [6, 6.07) is 11.3. The van der Waals surface area contributed by atoms with E-state index in [0.717, 1.165) is 5.56 Å². The molecule has 0 spiro atoms. The van der Waals surface area contributed by atoms with Gasteiger partial charge in [-0.05, 0) is 23.8 Å². The van der Waals surface area contributed by atoms with Crippen molar-refractivity contribution in [2.45, 2.75) is 6.54 Å². The van der Waals surface area contributed by atoms with Crippen molar-refractivity contribution in [2.75, 3.05) is 24.3 Å². The van der Waals surface area contributed by atoms with E-state index in [1.54, 1.807) is 49.3 Å². The van der Waals surface area contributed by atoms with Crippen LogP contribution in [0.5, 0.6) is 0 Å². The predicted molar refractivity (Wildman–Crippen MR) is 81.2 cm³/mol. The first-order valence-electron chi connectivity index (χ1n) is 6.43. The van der Waals surface area contributed by atoms with Gasteiger partial charge in [0.25, 0.3) is 5.69 Å². The molecule has 1 N–H and O–H groups in total. The summed E-state index contributed by atoms with van der Waals surface area (Å²) in [5.41, 5.74) is 1.81. The van der Waals surface area contributed by atoms with E-state index in [-0.39, 0.29) is 11.5 Å². The topological polar surface area (TPSA) is 58.4 Å². The van der Waals surface area contributed by atoms with Gasteiger partial charge < -0.3 is 10.2 Å². The fourth-order valence-electron chi connectivity index (χ4n) is 2.16. The molecule has 0 atom stereocenters. The third-order valence-corrected chi connectivity index (χ3v) is 3.21. The summed E-state index contributed by atoms with van der Waals surface area (Å²) in [6.07, 6.45) is 0. The Bertz CT molecular complexity index is 661. The number of hydrogen-bond donors (Lipinski definition) is 1. The van der Waals surface area contributed by atoms with Gasteiger partial charge in [-0.1, -0.05) is 18.2 Å². The fourth-order valence-corrected chi connectivity index (χ4v) is 2.16. The third-order valence-electron chi connectivity index (χ3n) is 3.21. The molecule has 2 aromatic carbocycles. The van der Waals surface area contributed by atoms with Crippen LogP contribution in [0.4, 0.5) is 21.5 Å². The molecule has 0 aliphatic heterocycles. The van der Waals surface area contributed by atoms with Crippen LogP contribution < -0.4 is 10.2 Å². The molecule has 0 heterocycles. The molecule has 0 aliphatic rings. The molecular formula is C15H16FN3O2. The van der Waals surface area contributed by atoms with E-state index in [0.29, 0.717) is 17.9 Å². The highest BCUT2D eigenvalue weighted by Crippen LogP contribution is 2.26. The molecule has 0 radical (unpaired) electrons. The number of para-hydroxylation sites is 1. The lowest BCUT2D eigenvalue weighted by molar-refractivity contribution is -0.383. The van der Waals surface area contributed by atoms with E-state index in [4.69, 9.17) is 0 Å². The second-order valence-electron chi connectivity index (χ2n) is 4.67. The number of nitrogens with one attached hydrogen (secondary N) is 1. The second kappa shape index (κ2) is 6.21. The fraction of sp³-hybridized carbons (Fsp3) is 0.200. The van der Waals surface area contributed by atoms with Crippen LogP contribution in [-0.2, 0) is 6.54 Å². The highest BCUT2D eigenvalue weighted by molar-refractivity contribution is 5.62. The second-order valence-corrected chi connectivity index (χ2v) is 4.67. The summed E-state index contributed by atoms with van der Waals surface area (Å²) in [5, 5.41) is 13.7. The first-order valence-corrected chi connectivity index (χ1v) is 6.43. The van der Waals surface area contributed by atoms with E-state index >= 15 is 0 Å². The maximum atomic E-state index is 13.7. The smallest absolute Gasteiger partial charge is 0.292 e. The molecule has 21 heavy (non-hydrogen) atoms. The van der Waals surface area contributed by atoms with Crippen molar-refractivity contribution in [1.82, 2.24) is 0 Å². The van der Waals surface area contributed by atoms with Crippen molar-refractivity contribution in [3.63, 3.8) is 0 Å². The molecule has 5 nitrogen and oxygen atoms in total. The summed E-state index contributed by atoms with van der Waals surface area (Å²) in [6.45, 7) is 0.452. The monoisotopic (exact) mass is 289 g/mol. The number of hydrogen-bond acceptors (Lipinski definition) is 4. The molecule has 0 saturated carbocycles. The van der Waals surface area contributed by atoms with E-state index < -0.39 is 4.92 Å². The molecule has 0 unspecified atom stereocenters. The summed E-state index contributed by atoms with van der Waals surface area (Å²) in [4.78, 5) is 12.2. The molecule has 6 heteroatoms. The number of nitro benzene ring substituents is 1. The van der Waals surface area contributed by atoms with Gasteiger partial charge in [0.2, 0.25) is 0 Å². The van der Waals surface area contributed by atoms with Crippen LogP contribution in [0.25, 0.3) is 0 Å². The molecule has 0 saturated heterocycles. The van der Waals surface area contributed by atoms with E-state index in [9.17, 15) is 14.5 Å². The lowest BCUT2D eigenvalue weighted by Crippen LogP contribution is -2.17. The number of nitrogens with zero attached hydrogens (tertiary/aromatic N) is 2. The molecule has 0 fully saturated rings. The molecule has 0 aromatic heterocycles. The number of benzene rings is 2. The van der Waals surface area contributed by atoms with Gasteiger partial charge >= 0.3 is 0 Å². The Morgan fingerprint density at radius 1 is 1.29 bits per heavy atom. The Morgan fingerprint density at radius 3 is 2.62 bits per heavy atom. The van der Waals surface area contributed by atoms with Crippen molar-refractivity contribution in [2.24, 2.45) is 0 Å². The van der Waals surface area contributed by atoms with E-state index in [2.05, 4.69) is 5.32 Å². The SMILES string of the molecule is CNc1cc(CN(C)c2ccccc2F)ccc1[N+](=O)[O-]. The van der Waals surface area contributed by atoms with Gasteiger partial charge in [0.05, 0.1) is 10.6 Å². The lowest BCUT2D eigenvalue weighted by atomic mass is 10.1. The van der Waals surface area contributed by atoms with Crippen molar-refractivity contribution < 1.29 is 9.31 Å². The normalized spacial score (nSPS) is 10.2. The summed E-state index contributed by atoms with van der Waals surface area (Å²) in [5.74, 6) is -0.296. The first-order chi connectivity index (χ1) is 10.0. The summed E-state index contributed by atoms with van der Waals surface area (Å²) < 4.78 is 13.7. The Labute approximate surface area is 122 Å². The third kappa shape index (κ3) is 3.28. The molecule has 2 aromatic rings. The molecular weight excluding hydrogens is 273 g/mol. The van der Waals surface area contributed by atoms with Crippen molar-refractivity contribution in [1.29, 1.82) is 0 Å². The molecule has 110 valence electrons. The van der Waals surface area contributed by atoms with Crippen molar-refractivity contribution in [3.8, 4) is 0 Å². The zero-order valence-corrected chi connectivity index (χ0v) is 11.8. The predicted octanol–water partition coefficient (Wildman–Crippen LogP) is 3.41. The van der Waals surface area contributed by atoms with Gasteiger partial charge in [-0.3, -0.25) is 10.1 Å². The van der Waals surface area contributed by atoms with Gasteiger partial charge in [0.1, 0.15) is 11.5 Å². The Morgan fingerprint density at radius 2 is 2.00 bits per heavy atom. The minimum Gasteiger partial charge on any atom is -0.383 e. The van der Waals surface area contributed by atoms with Gasteiger partial charge in [0, 0.05) is 26.7 Å². The van der Waals surface area contributed by atoms with Gasteiger partial charge in [-0.2, -0.15) is 0 Å². The quantitative estimate of drug-likeness (QED) is 0.677. The van der Waals surface area contributed by atoms with Gasteiger partial charge in [0.15, 0.2) is 0 Å². The molecule has 0 bridgehead atoms. The lowest BCUT2D eigenvalue weighted by Gasteiger charge is -2.20. The maximum absolute atomic E-state index is 13.7. The Balaban J connectivity index is 2.24. The molecule has 0 aliphatic carbocycles. The summed E-state index contributed by atoms with van der Waals surface area (Å²) >= 11 is 0. The van der Waals surface area contributed by atoms with Crippen LogP contribution in [0.1, 0.15) is 5.56 Å². The van der Waals surface area contributed by atoms with E-state index in [1.807, 2.05) is 0 Å². The number of halogens is 1. The number of nitro groups is 1. The van der Waals surface area contributed by atoms with Gasteiger partial charge in [-0.15, -0.1) is 0 Å². The van der Waals surface area contributed by atoms with Crippen molar-refractivity contribution in [3.05, 3.63) is 64.0 Å². The number of rotatable bonds is 5. The number of anilines is 2. The van der Waals surface area contributed by atoms with E-state index in [1.165, 1.54) is 12.1 Å². The van der Waals surface area contributed by atoms with Gasteiger partial charge in [-0.25, -0.2) is 4.39 Å². The summed E-state index contributed by atoms with van der Waals surface area (Å²) in [7, 11) is 3.41. The maximum Gasteiger partial charge on any atom is 0.292 e. The highest BCUT2D eigenvalue weighted by atomic mass is 19.1. The minimum atomic E-state index is -0.434. The minimum absolute atomic E-state index is 0.0230. The Kier molecular flexibility index (Phi) is 4.37. The van der Waals surface area contributed by atoms with Crippen LogP contribution in [0.3, 0.4) is 0 Å². The van der Waals surface area contributed by atoms with Crippen LogP contribution in [0, 0.1) is 15.9 Å². The highest BCUT2D eigenvalue weighted by Gasteiger charge is 2.14.